The quantitative estimate of drug-likeness (QED) is 0.448. The Morgan fingerprint density at radius 3 is 2.70 bits per heavy atom. The molecule has 0 saturated carbocycles. The SMILES string of the molecule is COc1ccc(-c2c(C)oc3c4c(ccc3c2=O)OCN(Cc2cccnc2)C4)cc1OC. The maximum atomic E-state index is 13.6. The molecule has 4 aromatic rings. The predicted octanol–water partition coefficient (Wildman–Crippen LogP) is 4.53. The van der Waals surface area contributed by atoms with Gasteiger partial charge in [0.2, 0.25) is 5.43 Å². The maximum Gasteiger partial charge on any atom is 0.200 e. The summed E-state index contributed by atoms with van der Waals surface area (Å²) in [4.78, 5) is 19.9. The van der Waals surface area contributed by atoms with Crippen LogP contribution in [0.1, 0.15) is 16.9 Å². The number of hydrogen-bond acceptors (Lipinski definition) is 7. The summed E-state index contributed by atoms with van der Waals surface area (Å²) in [5.74, 6) is 2.44. The Kier molecular flexibility index (Phi) is 5.48. The van der Waals surface area contributed by atoms with Crippen LogP contribution < -0.4 is 19.6 Å². The van der Waals surface area contributed by atoms with Gasteiger partial charge in [0.15, 0.2) is 11.5 Å². The molecule has 0 atom stereocenters. The third-order valence-corrected chi connectivity index (χ3v) is 5.88. The molecular formula is C26H24N2O5. The van der Waals surface area contributed by atoms with E-state index < -0.39 is 0 Å². The van der Waals surface area contributed by atoms with Gasteiger partial charge in [0.25, 0.3) is 0 Å². The minimum Gasteiger partial charge on any atom is -0.493 e. The number of nitrogens with zero attached hydrogens (tertiary/aromatic N) is 2. The van der Waals surface area contributed by atoms with E-state index in [0.29, 0.717) is 59.2 Å². The maximum absolute atomic E-state index is 13.6. The van der Waals surface area contributed by atoms with Gasteiger partial charge in [-0.15, -0.1) is 0 Å². The zero-order valence-corrected chi connectivity index (χ0v) is 18.8. The van der Waals surface area contributed by atoms with E-state index in [1.807, 2.05) is 37.4 Å². The Labute approximate surface area is 191 Å². The van der Waals surface area contributed by atoms with E-state index in [1.54, 1.807) is 38.6 Å². The van der Waals surface area contributed by atoms with Crippen molar-refractivity contribution >= 4 is 11.0 Å². The lowest BCUT2D eigenvalue weighted by molar-refractivity contribution is 0.0889. The largest absolute Gasteiger partial charge is 0.493 e. The smallest absolute Gasteiger partial charge is 0.200 e. The first kappa shape index (κ1) is 21.0. The summed E-state index contributed by atoms with van der Waals surface area (Å²) < 4.78 is 23.0. The molecule has 1 aliphatic rings. The molecule has 3 heterocycles. The van der Waals surface area contributed by atoms with E-state index >= 15 is 0 Å². The molecule has 168 valence electrons. The highest BCUT2D eigenvalue weighted by Crippen LogP contribution is 2.36. The van der Waals surface area contributed by atoms with Crippen LogP contribution in [0.25, 0.3) is 22.1 Å². The van der Waals surface area contributed by atoms with Crippen LogP contribution in [0.5, 0.6) is 17.2 Å². The van der Waals surface area contributed by atoms with Crippen molar-refractivity contribution in [2.75, 3.05) is 21.0 Å². The molecule has 0 spiro atoms. The second-order valence-corrected chi connectivity index (χ2v) is 7.97. The highest BCUT2D eigenvalue weighted by atomic mass is 16.5. The fourth-order valence-electron chi connectivity index (χ4n) is 4.30. The van der Waals surface area contributed by atoms with Crippen molar-refractivity contribution in [2.45, 2.75) is 20.0 Å². The van der Waals surface area contributed by atoms with Crippen LogP contribution in [0, 0.1) is 6.92 Å². The molecule has 0 saturated heterocycles. The summed E-state index contributed by atoms with van der Waals surface area (Å²) in [7, 11) is 3.15. The summed E-state index contributed by atoms with van der Waals surface area (Å²) >= 11 is 0. The Morgan fingerprint density at radius 2 is 1.94 bits per heavy atom. The van der Waals surface area contributed by atoms with Gasteiger partial charge in [-0.05, 0) is 48.4 Å². The van der Waals surface area contributed by atoms with Crippen LogP contribution in [-0.2, 0) is 13.1 Å². The van der Waals surface area contributed by atoms with Crippen LogP contribution in [-0.4, -0.2) is 30.8 Å². The van der Waals surface area contributed by atoms with Crippen molar-refractivity contribution in [1.82, 2.24) is 9.88 Å². The van der Waals surface area contributed by atoms with E-state index in [0.717, 1.165) is 16.9 Å². The molecule has 5 rings (SSSR count). The van der Waals surface area contributed by atoms with E-state index in [2.05, 4.69) is 9.88 Å². The Hall–Kier alpha value is -3.84. The molecule has 0 fully saturated rings. The van der Waals surface area contributed by atoms with Crippen molar-refractivity contribution in [3.8, 4) is 28.4 Å². The molecular weight excluding hydrogens is 420 g/mol. The zero-order chi connectivity index (χ0) is 22.9. The number of benzene rings is 2. The predicted molar refractivity (Wildman–Crippen MR) is 125 cm³/mol. The van der Waals surface area contributed by atoms with Crippen LogP contribution in [0.3, 0.4) is 0 Å². The third kappa shape index (κ3) is 3.81. The number of aryl methyl sites for hydroxylation is 1. The van der Waals surface area contributed by atoms with E-state index in [1.165, 1.54) is 0 Å². The molecule has 7 heteroatoms. The molecule has 2 aromatic carbocycles. The topological polar surface area (TPSA) is 74.0 Å². The molecule has 0 amide bonds. The minimum atomic E-state index is -0.0897. The van der Waals surface area contributed by atoms with Gasteiger partial charge in [0.05, 0.1) is 30.7 Å². The number of pyridine rings is 1. The lowest BCUT2D eigenvalue weighted by Gasteiger charge is -2.29. The van der Waals surface area contributed by atoms with Gasteiger partial charge in [0, 0.05) is 25.5 Å². The minimum absolute atomic E-state index is 0.0897. The zero-order valence-electron chi connectivity index (χ0n) is 18.8. The fraction of sp³-hybridized carbons (Fsp3) is 0.231. The molecule has 0 unspecified atom stereocenters. The van der Waals surface area contributed by atoms with Gasteiger partial charge in [-0.1, -0.05) is 12.1 Å². The van der Waals surface area contributed by atoms with Gasteiger partial charge < -0.3 is 18.6 Å². The van der Waals surface area contributed by atoms with E-state index in [-0.39, 0.29) is 5.43 Å². The summed E-state index contributed by atoms with van der Waals surface area (Å²) in [6, 6.07) is 13.0. The Balaban J connectivity index is 1.57. The highest BCUT2D eigenvalue weighted by molar-refractivity contribution is 5.87. The van der Waals surface area contributed by atoms with E-state index in [4.69, 9.17) is 18.6 Å². The number of ether oxygens (including phenoxy) is 3. The normalized spacial score (nSPS) is 13.4. The van der Waals surface area contributed by atoms with E-state index in [9.17, 15) is 4.79 Å². The molecule has 0 aliphatic carbocycles. The summed E-state index contributed by atoms with van der Waals surface area (Å²) in [6.45, 7) is 3.57. The molecule has 2 aromatic heterocycles. The average molecular weight is 444 g/mol. The summed E-state index contributed by atoms with van der Waals surface area (Å²) in [5, 5.41) is 0.524. The summed E-state index contributed by atoms with van der Waals surface area (Å²) in [5.41, 5.74) is 3.67. The monoisotopic (exact) mass is 444 g/mol. The van der Waals surface area contributed by atoms with Gasteiger partial charge in [-0.2, -0.15) is 0 Å². The second-order valence-electron chi connectivity index (χ2n) is 7.97. The van der Waals surface area contributed by atoms with Crippen molar-refractivity contribution in [1.29, 1.82) is 0 Å². The van der Waals surface area contributed by atoms with Crippen LogP contribution in [0.2, 0.25) is 0 Å². The third-order valence-electron chi connectivity index (χ3n) is 5.88. The first-order chi connectivity index (χ1) is 16.1. The van der Waals surface area contributed by atoms with Gasteiger partial charge in [-0.3, -0.25) is 14.7 Å². The standard InChI is InChI=1S/C26H24N2O5/c1-16-24(18-6-8-22(30-2)23(11-18)31-3)25(29)19-7-9-21-20(26(19)33-16)14-28(15-32-21)13-17-5-4-10-27-12-17/h4-12H,13-15H2,1-3H3. The van der Waals surface area contributed by atoms with Gasteiger partial charge in [-0.25, -0.2) is 0 Å². The van der Waals surface area contributed by atoms with Crippen LogP contribution >= 0.6 is 0 Å². The fourth-order valence-corrected chi connectivity index (χ4v) is 4.30. The lowest BCUT2D eigenvalue weighted by atomic mass is 10.00. The summed E-state index contributed by atoms with van der Waals surface area (Å²) in [6.07, 6.45) is 3.60. The Morgan fingerprint density at radius 1 is 1.09 bits per heavy atom. The molecule has 0 radical (unpaired) electrons. The molecule has 1 aliphatic heterocycles. The molecule has 7 nitrogen and oxygen atoms in total. The average Bonchev–Trinajstić information content (AvgIpc) is 2.84. The van der Waals surface area contributed by atoms with Crippen molar-refractivity contribution in [3.05, 3.63) is 82.0 Å². The van der Waals surface area contributed by atoms with Crippen molar-refractivity contribution in [2.24, 2.45) is 0 Å². The van der Waals surface area contributed by atoms with Crippen LogP contribution in [0.4, 0.5) is 0 Å². The number of fused-ring (bicyclic) bond motifs is 3. The Bertz CT molecular complexity index is 1380. The number of aromatic nitrogens is 1. The molecule has 33 heavy (non-hydrogen) atoms. The number of rotatable bonds is 5. The molecule has 0 bridgehead atoms. The van der Waals surface area contributed by atoms with Crippen molar-refractivity contribution in [3.63, 3.8) is 0 Å². The van der Waals surface area contributed by atoms with Crippen LogP contribution in [0.15, 0.2) is 64.1 Å². The second kappa shape index (κ2) is 8.60. The molecule has 0 N–H and O–H groups in total. The van der Waals surface area contributed by atoms with Crippen molar-refractivity contribution < 1.29 is 18.6 Å². The first-order valence-electron chi connectivity index (χ1n) is 10.6. The van der Waals surface area contributed by atoms with Gasteiger partial charge in [0.1, 0.15) is 23.8 Å². The number of hydrogen-bond donors (Lipinski definition) is 0. The number of methoxy groups -OCH3 is 2. The van der Waals surface area contributed by atoms with Gasteiger partial charge >= 0.3 is 0 Å². The lowest BCUT2D eigenvalue weighted by Crippen LogP contribution is -2.31. The highest BCUT2D eigenvalue weighted by Gasteiger charge is 2.24. The first-order valence-corrected chi connectivity index (χ1v) is 10.6.